The zero-order valence-corrected chi connectivity index (χ0v) is 14.9. The highest BCUT2D eigenvalue weighted by atomic mass is 19.1. The molecule has 0 aliphatic carbocycles. The van der Waals surface area contributed by atoms with E-state index in [4.69, 9.17) is 10.5 Å². The summed E-state index contributed by atoms with van der Waals surface area (Å²) in [4.78, 5) is 35.1. The lowest BCUT2D eigenvalue weighted by Gasteiger charge is -2.18. The second-order valence-corrected chi connectivity index (χ2v) is 5.90. The Morgan fingerprint density at radius 1 is 1.00 bits per heavy atom. The number of nitrogens with two attached hydrogens (primary N) is 1. The van der Waals surface area contributed by atoms with Gasteiger partial charge in [-0.15, -0.1) is 0 Å². The fourth-order valence-corrected chi connectivity index (χ4v) is 2.28. The van der Waals surface area contributed by atoms with Gasteiger partial charge in [0.15, 0.2) is 6.10 Å². The molecule has 0 spiro atoms. The first kappa shape index (κ1) is 19.9. The van der Waals surface area contributed by atoms with Crippen molar-refractivity contribution in [3.63, 3.8) is 0 Å². The summed E-state index contributed by atoms with van der Waals surface area (Å²) >= 11 is 0. The first-order valence-electron chi connectivity index (χ1n) is 8.19. The van der Waals surface area contributed by atoms with Crippen LogP contribution in [-0.2, 0) is 9.53 Å². The molecule has 2 aromatic rings. The molecule has 0 radical (unpaired) electrons. The zero-order chi connectivity index (χ0) is 20.0. The molecule has 0 aliphatic rings. The highest BCUT2D eigenvalue weighted by molar-refractivity contribution is 5.93. The van der Waals surface area contributed by atoms with E-state index < -0.39 is 24.0 Å². The van der Waals surface area contributed by atoms with Crippen LogP contribution < -0.4 is 16.4 Å². The van der Waals surface area contributed by atoms with Gasteiger partial charge in [-0.25, -0.2) is 14.0 Å². The highest BCUT2D eigenvalue weighted by Crippen LogP contribution is 2.14. The van der Waals surface area contributed by atoms with Gasteiger partial charge in [-0.2, -0.15) is 0 Å². The molecular weight excluding hydrogens is 353 g/mol. The molecule has 8 heteroatoms. The van der Waals surface area contributed by atoms with Crippen LogP contribution in [0.2, 0.25) is 0 Å². The van der Waals surface area contributed by atoms with E-state index in [9.17, 15) is 18.8 Å². The number of amides is 3. The number of anilines is 1. The summed E-state index contributed by atoms with van der Waals surface area (Å²) in [5.41, 5.74) is 6.38. The van der Waals surface area contributed by atoms with Gasteiger partial charge in [0.25, 0.3) is 5.91 Å². The van der Waals surface area contributed by atoms with Crippen LogP contribution in [0.4, 0.5) is 14.9 Å². The Kier molecular flexibility index (Phi) is 6.48. The molecule has 2 rings (SSSR count). The summed E-state index contributed by atoms with van der Waals surface area (Å²) in [7, 11) is 0. The van der Waals surface area contributed by atoms with Gasteiger partial charge in [0.05, 0.1) is 11.6 Å². The maximum atomic E-state index is 13.0. The van der Waals surface area contributed by atoms with Crippen LogP contribution in [0.25, 0.3) is 0 Å². The normalized spacial score (nSPS) is 12.6. The van der Waals surface area contributed by atoms with Gasteiger partial charge < -0.3 is 21.1 Å². The average molecular weight is 373 g/mol. The van der Waals surface area contributed by atoms with Crippen molar-refractivity contribution in [2.45, 2.75) is 26.0 Å². The molecule has 0 aliphatic heterocycles. The number of urea groups is 1. The van der Waals surface area contributed by atoms with Crippen molar-refractivity contribution in [2.75, 3.05) is 5.32 Å². The lowest BCUT2D eigenvalue weighted by atomic mass is 10.1. The fraction of sp³-hybridized carbons (Fsp3) is 0.211. The number of hydrogen-bond donors (Lipinski definition) is 3. The molecular formula is C19H20FN3O4. The molecule has 2 unspecified atom stereocenters. The number of ether oxygens (including phenoxy) is 1. The van der Waals surface area contributed by atoms with Crippen LogP contribution in [-0.4, -0.2) is 24.0 Å². The number of halogens is 1. The smallest absolute Gasteiger partial charge is 0.338 e. The summed E-state index contributed by atoms with van der Waals surface area (Å²) in [6, 6.07) is 10.5. The third kappa shape index (κ3) is 5.81. The van der Waals surface area contributed by atoms with E-state index in [1.54, 1.807) is 19.1 Å². The Morgan fingerprint density at radius 3 is 2.15 bits per heavy atom. The summed E-state index contributed by atoms with van der Waals surface area (Å²) in [5.74, 6) is -1.53. The van der Waals surface area contributed by atoms with Crippen molar-refractivity contribution in [1.82, 2.24) is 5.32 Å². The van der Waals surface area contributed by atoms with Gasteiger partial charge in [-0.05, 0) is 55.8 Å². The van der Waals surface area contributed by atoms with Crippen molar-refractivity contribution in [1.29, 1.82) is 0 Å². The Hall–Kier alpha value is -3.42. The summed E-state index contributed by atoms with van der Waals surface area (Å²) in [6.45, 7) is 3.19. The van der Waals surface area contributed by atoms with E-state index in [1.165, 1.54) is 43.3 Å². The van der Waals surface area contributed by atoms with Crippen LogP contribution >= 0.6 is 0 Å². The monoisotopic (exact) mass is 373 g/mol. The number of primary amides is 1. The molecule has 0 aromatic heterocycles. The van der Waals surface area contributed by atoms with Crippen LogP contribution in [0.15, 0.2) is 48.5 Å². The largest absolute Gasteiger partial charge is 0.449 e. The van der Waals surface area contributed by atoms with E-state index in [1.807, 2.05) is 0 Å². The minimum Gasteiger partial charge on any atom is -0.449 e. The van der Waals surface area contributed by atoms with Crippen molar-refractivity contribution < 1.29 is 23.5 Å². The minimum atomic E-state index is -1.02. The predicted octanol–water partition coefficient (Wildman–Crippen LogP) is 2.74. The molecule has 142 valence electrons. The van der Waals surface area contributed by atoms with Crippen molar-refractivity contribution in [3.05, 3.63) is 65.5 Å². The number of rotatable bonds is 6. The lowest BCUT2D eigenvalue weighted by Crippen LogP contribution is -2.37. The topological polar surface area (TPSA) is 111 Å². The Balaban J connectivity index is 1.91. The second kappa shape index (κ2) is 8.79. The fourth-order valence-electron chi connectivity index (χ4n) is 2.28. The zero-order valence-electron chi connectivity index (χ0n) is 14.9. The van der Waals surface area contributed by atoms with Gasteiger partial charge in [0.1, 0.15) is 5.82 Å². The second-order valence-electron chi connectivity index (χ2n) is 5.90. The van der Waals surface area contributed by atoms with E-state index in [0.717, 1.165) is 5.56 Å². The average Bonchev–Trinajstić information content (AvgIpc) is 2.62. The summed E-state index contributed by atoms with van der Waals surface area (Å²) in [6.07, 6.45) is -1.02. The van der Waals surface area contributed by atoms with Gasteiger partial charge in [0.2, 0.25) is 0 Å². The molecule has 2 aromatic carbocycles. The maximum absolute atomic E-state index is 13.0. The highest BCUT2D eigenvalue weighted by Gasteiger charge is 2.21. The van der Waals surface area contributed by atoms with Crippen LogP contribution in [0.3, 0.4) is 0 Å². The Morgan fingerprint density at radius 2 is 1.59 bits per heavy atom. The van der Waals surface area contributed by atoms with Crippen molar-refractivity contribution in [2.24, 2.45) is 5.73 Å². The van der Waals surface area contributed by atoms with Gasteiger partial charge in [-0.1, -0.05) is 12.1 Å². The standard InChI is InChI=1S/C19H20FN3O4/c1-11(13-3-7-15(20)8-4-13)22-17(24)12(2)27-18(25)14-5-9-16(10-6-14)23-19(21)26/h3-12H,1-2H3,(H,22,24)(H3,21,23,26). The first-order valence-corrected chi connectivity index (χ1v) is 8.19. The maximum Gasteiger partial charge on any atom is 0.338 e. The summed E-state index contributed by atoms with van der Waals surface area (Å²) < 4.78 is 18.1. The Bertz CT molecular complexity index is 822. The van der Waals surface area contributed by atoms with Gasteiger partial charge in [0, 0.05) is 5.69 Å². The SMILES string of the molecule is CC(OC(=O)c1ccc(NC(N)=O)cc1)C(=O)NC(C)c1ccc(F)cc1. The first-order chi connectivity index (χ1) is 12.8. The van der Waals surface area contributed by atoms with Crippen molar-refractivity contribution >= 4 is 23.6 Å². The molecule has 0 saturated heterocycles. The number of esters is 1. The van der Waals surface area contributed by atoms with Gasteiger partial charge >= 0.3 is 12.0 Å². The molecule has 0 saturated carbocycles. The van der Waals surface area contributed by atoms with Crippen molar-refractivity contribution in [3.8, 4) is 0 Å². The Labute approximate surface area is 155 Å². The van der Waals surface area contributed by atoms with E-state index in [0.29, 0.717) is 5.69 Å². The molecule has 7 nitrogen and oxygen atoms in total. The molecule has 4 N–H and O–H groups in total. The van der Waals surface area contributed by atoms with Gasteiger partial charge in [-0.3, -0.25) is 4.79 Å². The van der Waals surface area contributed by atoms with Crippen LogP contribution in [0.1, 0.15) is 35.8 Å². The molecule has 27 heavy (non-hydrogen) atoms. The predicted molar refractivity (Wildman–Crippen MR) is 97.5 cm³/mol. The third-order valence-electron chi connectivity index (χ3n) is 3.77. The van der Waals surface area contributed by atoms with E-state index >= 15 is 0 Å². The molecule has 0 fully saturated rings. The van der Waals surface area contributed by atoms with E-state index in [2.05, 4.69) is 10.6 Å². The number of carbonyl (C=O) groups excluding carboxylic acids is 3. The van der Waals surface area contributed by atoms with Crippen LogP contribution in [0, 0.1) is 5.82 Å². The number of nitrogens with one attached hydrogen (secondary N) is 2. The summed E-state index contributed by atoms with van der Waals surface area (Å²) in [5, 5.41) is 5.07. The molecule has 2 atom stereocenters. The quantitative estimate of drug-likeness (QED) is 0.676. The number of hydrogen-bond acceptors (Lipinski definition) is 4. The van der Waals surface area contributed by atoms with E-state index in [-0.39, 0.29) is 17.4 Å². The number of benzene rings is 2. The molecule has 3 amide bonds. The third-order valence-corrected chi connectivity index (χ3v) is 3.77. The molecule has 0 bridgehead atoms. The minimum absolute atomic E-state index is 0.219. The number of carbonyl (C=O) groups is 3. The lowest BCUT2D eigenvalue weighted by molar-refractivity contribution is -0.129. The molecule has 0 heterocycles. The van der Waals surface area contributed by atoms with Crippen LogP contribution in [0.5, 0.6) is 0 Å².